The summed E-state index contributed by atoms with van der Waals surface area (Å²) in [5.74, 6) is 0.582. The zero-order chi connectivity index (χ0) is 18.6. The topological polar surface area (TPSA) is 61.6 Å². The molecule has 1 aromatic heterocycles. The van der Waals surface area contributed by atoms with Crippen molar-refractivity contribution in [3.05, 3.63) is 47.3 Å². The van der Waals surface area contributed by atoms with Gasteiger partial charge in [0.15, 0.2) is 0 Å². The van der Waals surface area contributed by atoms with Gasteiger partial charge in [0.2, 0.25) is 5.91 Å². The molecule has 144 valence electrons. The van der Waals surface area contributed by atoms with Gasteiger partial charge < -0.3 is 10.0 Å². The zero-order valence-electron chi connectivity index (χ0n) is 15.8. The lowest BCUT2D eigenvalue weighted by Crippen LogP contribution is -2.27. The number of fused-ring (bicyclic) bond motifs is 1. The Labute approximate surface area is 160 Å². The number of likely N-dealkylation sites (tertiary alicyclic amines) is 1. The lowest BCUT2D eigenvalue weighted by Gasteiger charge is -2.19. The molecule has 0 unspecified atom stereocenters. The number of carbonyl (C=O) groups is 1. The van der Waals surface area contributed by atoms with Gasteiger partial charge in [0.05, 0.1) is 11.4 Å². The lowest BCUT2D eigenvalue weighted by atomic mass is 10.2. The molecule has 27 heavy (non-hydrogen) atoms. The number of carbonyl (C=O) groups excluding carboxylic acids is 1. The van der Waals surface area contributed by atoms with Crippen LogP contribution < -0.4 is 0 Å². The number of aromatic nitrogens is 2. The molecule has 1 aromatic carbocycles. The van der Waals surface area contributed by atoms with Crippen LogP contribution in [0.4, 0.5) is 0 Å². The average molecular weight is 368 g/mol. The summed E-state index contributed by atoms with van der Waals surface area (Å²) < 4.78 is 2.11. The Morgan fingerprint density at radius 3 is 2.74 bits per heavy atom. The molecule has 6 heteroatoms. The van der Waals surface area contributed by atoms with Crippen molar-refractivity contribution in [2.75, 3.05) is 19.6 Å². The molecule has 2 aliphatic heterocycles. The Balaban J connectivity index is 1.37. The second-order valence-electron chi connectivity index (χ2n) is 7.67. The van der Waals surface area contributed by atoms with E-state index in [-0.39, 0.29) is 5.91 Å². The smallest absolute Gasteiger partial charge is 0.222 e. The molecule has 0 atom stereocenters. The van der Waals surface area contributed by atoms with Crippen LogP contribution in [0.1, 0.15) is 42.6 Å². The van der Waals surface area contributed by atoms with Crippen LogP contribution in [0.2, 0.25) is 0 Å². The highest BCUT2D eigenvalue weighted by molar-refractivity contribution is 5.76. The third-order valence-corrected chi connectivity index (χ3v) is 5.51. The van der Waals surface area contributed by atoms with Gasteiger partial charge in [-0.05, 0) is 43.0 Å². The number of hydrogen-bond donors (Lipinski definition) is 1. The molecule has 1 saturated heterocycles. The first-order chi connectivity index (χ1) is 13.2. The lowest BCUT2D eigenvalue weighted by molar-refractivity contribution is -0.130. The standard InChI is InChI=1S/C21H28N4O2/c26-20-6-3-5-17(13-20)15-23-9-4-12-25-19(16-23)14-18(22-25)7-8-21(27)24-10-1-2-11-24/h3,5-6,13-14,26H,1-2,4,7-12,15-16H2. The fraction of sp³-hybridized carbons (Fsp3) is 0.524. The van der Waals surface area contributed by atoms with Gasteiger partial charge in [0.1, 0.15) is 5.75 Å². The largest absolute Gasteiger partial charge is 0.508 e. The monoisotopic (exact) mass is 368 g/mol. The fourth-order valence-corrected chi connectivity index (χ4v) is 4.12. The molecular weight excluding hydrogens is 340 g/mol. The van der Waals surface area contributed by atoms with Crippen LogP contribution in [-0.4, -0.2) is 50.2 Å². The predicted octanol–water partition coefficient (Wildman–Crippen LogP) is 2.55. The van der Waals surface area contributed by atoms with Gasteiger partial charge in [-0.2, -0.15) is 5.10 Å². The maximum atomic E-state index is 12.3. The van der Waals surface area contributed by atoms with Crippen molar-refractivity contribution in [2.45, 2.75) is 51.7 Å². The van der Waals surface area contributed by atoms with E-state index in [0.29, 0.717) is 12.2 Å². The number of aromatic hydroxyl groups is 1. The van der Waals surface area contributed by atoms with E-state index in [2.05, 4.69) is 21.7 Å². The molecule has 4 rings (SSSR count). The van der Waals surface area contributed by atoms with Crippen LogP contribution in [0.25, 0.3) is 0 Å². The summed E-state index contributed by atoms with van der Waals surface area (Å²) >= 11 is 0. The minimum atomic E-state index is 0.265. The van der Waals surface area contributed by atoms with E-state index in [1.165, 1.54) is 5.69 Å². The number of phenolic OH excluding ortho intramolecular Hbond substituents is 1. The van der Waals surface area contributed by atoms with Crippen LogP contribution >= 0.6 is 0 Å². The van der Waals surface area contributed by atoms with E-state index in [4.69, 9.17) is 5.10 Å². The Morgan fingerprint density at radius 2 is 1.93 bits per heavy atom. The summed E-state index contributed by atoms with van der Waals surface area (Å²) in [5, 5.41) is 14.4. The van der Waals surface area contributed by atoms with Crippen LogP contribution in [-0.2, 0) is 30.8 Å². The minimum absolute atomic E-state index is 0.265. The number of rotatable bonds is 5. The maximum Gasteiger partial charge on any atom is 0.222 e. The van der Waals surface area contributed by atoms with Crippen LogP contribution in [0.5, 0.6) is 5.75 Å². The molecule has 1 amide bonds. The number of benzene rings is 1. The summed E-state index contributed by atoms with van der Waals surface area (Å²) in [6, 6.07) is 9.64. The highest BCUT2D eigenvalue weighted by atomic mass is 16.3. The highest BCUT2D eigenvalue weighted by Crippen LogP contribution is 2.19. The predicted molar refractivity (Wildman–Crippen MR) is 103 cm³/mol. The van der Waals surface area contributed by atoms with Crippen molar-refractivity contribution in [3.63, 3.8) is 0 Å². The van der Waals surface area contributed by atoms with Crippen molar-refractivity contribution in [3.8, 4) is 5.75 Å². The van der Waals surface area contributed by atoms with E-state index in [9.17, 15) is 9.90 Å². The van der Waals surface area contributed by atoms with Crippen LogP contribution in [0.3, 0.4) is 0 Å². The minimum Gasteiger partial charge on any atom is -0.508 e. The fourth-order valence-electron chi connectivity index (χ4n) is 4.12. The third kappa shape index (κ3) is 4.50. The van der Waals surface area contributed by atoms with Crippen molar-refractivity contribution in [1.82, 2.24) is 19.6 Å². The van der Waals surface area contributed by atoms with Gasteiger partial charge in [-0.1, -0.05) is 12.1 Å². The Morgan fingerprint density at radius 1 is 1.07 bits per heavy atom. The van der Waals surface area contributed by atoms with Gasteiger partial charge in [-0.25, -0.2) is 0 Å². The number of phenols is 1. The molecule has 0 spiro atoms. The molecular formula is C21H28N4O2. The summed E-state index contributed by atoms with van der Waals surface area (Å²) in [5.41, 5.74) is 3.37. The van der Waals surface area contributed by atoms with E-state index in [1.807, 2.05) is 17.0 Å². The number of hydrogen-bond acceptors (Lipinski definition) is 4. The first-order valence-corrected chi connectivity index (χ1v) is 10.0. The summed E-state index contributed by atoms with van der Waals surface area (Å²) in [6.45, 7) is 5.45. The summed E-state index contributed by atoms with van der Waals surface area (Å²) in [4.78, 5) is 16.6. The Bertz CT molecular complexity index is 795. The molecule has 6 nitrogen and oxygen atoms in total. The Kier molecular flexibility index (Phi) is 5.43. The maximum absolute atomic E-state index is 12.3. The zero-order valence-corrected chi connectivity index (χ0v) is 15.8. The molecule has 2 aliphatic rings. The SMILES string of the molecule is O=C(CCc1cc2n(n1)CCCN(Cc1cccc(O)c1)C2)N1CCCC1. The Hall–Kier alpha value is -2.34. The van der Waals surface area contributed by atoms with Crippen molar-refractivity contribution >= 4 is 5.91 Å². The molecule has 3 heterocycles. The second kappa shape index (κ2) is 8.13. The molecule has 0 saturated carbocycles. The molecule has 0 bridgehead atoms. The summed E-state index contributed by atoms with van der Waals surface area (Å²) in [7, 11) is 0. The summed E-state index contributed by atoms with van der Waals surface area (Å²) in [6.07, 6.45) is 4.62. The van der Waals surface area contributed by atoms with E-state index in [0.717, 1.165) is 76.2 Å². The number of amides is 1. The van der Waals surface area contributed by atoms with Gasteiger partial charge in [0.25, 0.3) is 0 Å². The first kappa shape index (κ1) is 18.0. The van der Waals surface area contributed by atoms with Gasteiger partial charge in [0, 0.05) is 52.1 Å². The first-order valence-electron chi connectivity index (χ1n) is 10.0. The van der Waals surface area contributed by atoms with E-state index < -0.39 is 0 Å². The number of aryl methyl sites for hydroxylation is 2. The quantitative estimate of drug-likeness (QED) is 0.881. The van der Waals surface area contributed by atoms with E-state index >= 15 is 0 Å². The average Bonchev–Trinajstić information content (AvgIpc) is 3.27. The number of nitrogens with zero attached hydrogens (tertiary/aromatic N) is 4. The third-order valence-electron chi connectivity index (χ3n) is 5.51. The normalized spacial score (nSPS) is 17.7. The van der Waals surface area contributed by atoms with Crippen LogP contribution in [0.15, 0.2) is 30.3 Å². The van der Waals surface area contributed by atoms with E-state index in [1.54, 1.807) is 6.07 Å². The molecule has 1 N–H and O–H groups in total. The highest BCUT2D eigenvalue weighted by Gasteiger charge is 2.20. The van der Waals surface area contributed by atoms with Crippen LogP contribution in [0, 0.1) is 0 Å². The van der Waals surface area contributed by atoms with Gasteiger partial charge in [-0.3, -0.25) is 14.4 Å². The molecule has 1 fully saturated rings. The molecule has 2 aromatic rings. The molecule has 0 radical (unpaired) electrons. The van der Waals surface area contributed by atoms with Gasteiger partial charge >= 0.3 is 0 Å². The van der Waals surface area contributed by atoms with Crippen molar-refractivity contribution < 1.29 is 9.90 Å². The van der Waals surface area contributed by atoms with Crippen molar-refractivity contribution in [2.24, 2.45) is 0 Å². The van der Waals surface area contributed by atoms with Gasteiger partial charge in [-0.15, -0.1) is 0 Å². The molecule has 0 aliphatic carbocycles. The van der Waals surface area contributed by atoms with Crippen molar-refractivity contribution in [1.29, 1.82) is 0 Å². The second-order valence-corrected chi connectivity index (χ2v) is 7.67.